The molecule has 0 saturated heterocycles. The molecule has 26 heavy (non-hydrogen) atoms. The van der Waals surface area contributed by atoms with Crippen LogP contribution in [0, 0.1) is 17.3 Å². The van der Waals surface area contributed by atoms with Gasteiger partial charge in [0.1, 0.15) is 11.3 Å². The summed E-state index contributed by atoms with van der Waals surface area (Å²) in [6, 6.07) is 2.46. The van der Waals surface area contributed by atoms with Gasteiger partial charge in [-0.05, 0) is 48.4 Å². The zero-order valence-corrected chi connectivity index (χ0v) is 15.4. The third-order valence-corrected chi connectivity index (χ3v) is 6.14. The van der Waals surface area contributed by atoms with Crippen LogP contribution in [0.4, 0.5) is 0 Å². The predicted octanol–water partition coefficient (Wildman–Crippen LogP) is 1.80. The Hall–Kier alpha value is -2.39. The number of phenols is 1. The first-order chi connectivity index (χ1) is 11.8. The summed E-state index contributed by atoms with van der Waals surface area (Å²) in [7, 11) is -4.45. The number of aromatic carboxylic acids is 1. The minimum Gasteiger partial charge on any atom is -0.507 e. The summed E-state index contributed by atoms with van der Waals surface area (Å²) in [5.74, 6) is -1.11. The number of fused-ring (bicyclic) bond motifs is 1. The van der Waals surface area contributed by atoms with Crippen LogP contribution in [0.15, 0.2) is 34.4 Å². The lowest BCUT2D eigenvalue weighted by Crippen LogP contribution is -2.54. The molecule has 0 aromatic heterocycles. The molecule has 2 atom stereocenters. The lowest BCUT2D eigenvalue weighted by molar-refractivity contribution is -0.135. The van der Waals surface area contributed by atoms with E-state index in [2.05, 4.69) is 13.8 Å². The van der Waals surface area contributed by atoms with Crippen molar-refractivity contribution in [2.75, 3.05) is 0 Å². The number of Topliss-reactive ketones (excluding diaryl/α,β-unsaturated/α-hetero) is 1. The Kier molecular flexibility index (Phi) is 4.91. The number of carbonyl (C=O) groups excluding carboxylic acids is 1. The molecule has 3 aliphatic rings. The molecule has 0 radical (unpaired) electrons. The van der Waals surface area contributed by atoms with E-state index in [0.717, 1.165) is 24.1 Å². The van der Waals surface area contributed by atoms with E-state index < -0.39 is 32.3 Å². The number of carboxylic acids is 1. The number of rotatable bonds is 2. The third-order valence-electron chi connectivity index (χ3n) is 5.29. The fraction of sp³-hybridized carbons (Fsp3) is 0.412. The molecule has 0 heterocycles. The van der Waals surface area contributed by atoms with Crippen LogP contribution in [0.3, 0.4) is 0 Å². The SMILES string of the molecule is CC1=C(N)C(=O)[C@H]2C[C@@H]1C2(C)C.O=C(O)c1cc(S(=O)(=O)O)ccc1O. The molecule has 0 unspecified atom stereocenters. The summed E-state index contributed by atoms with van der Waals surface area (Å²) < 4.78 is 29.8. The highest BCUT2D eigenvalue weighted by Gasteiger charge is 2.56. The Morgan fingerprint density at radius 3 is 2.27 bits per heavy atom. The van der Waals surface area contributed by atoms with Gasteiger partial charge in [0, 0.05) is 5.92 Å². The van der Waals surface area contributed by atoms with Crippen molar-refractivity contribution in [3.05, 3.63) is 35.0 Å². The second kappa shape index (κ2) is 6.40. The summed E-state index contributed by atoms with van der Waals surface area (Å²) in [4.78, 5) is 21.5. The smallest absolute Gasteiger partial charge is 0.339 e. The minimum atomic E-state index is -4.45. The zero-order chi connectivity index (χ0) is 20.0. The molecule has 5 N–H and O–H groups in total. The summed E-state index contributed by atoms with van der Waals surface area (Å²) in [5.41, 5.74) is 6.94. The molecule has 1 fully saturated rings. The number of allylic oxidation sites excluding steroid dienone is 2. The highest BCUT2D eigenvalue weighted by Crippen LogP contribution is 2.58. The number of carboxylic acid groups (broad SMARTS) is 1. The lowest BCUT2D eigenvalue weighted by Gasteiger charge is -2.55. The maximum Gasteiger partial charge on any atom is 0.339 e. The highest BCUT2D eigenvalue weighted by molar-refractivity contribution is 7.85. The van der Waals surface area contributed by atoms with Crippen molar-refractivity contribution >= 4 is 21.9 Å². The van der Waals surface area contributed by atoms with Crippen LogP contribution in [0.5, 0.6) is 5.75 Å². The number of hydrogen-bond acceptors (Lipinski definition) is 6. The van der Waals surface area contributed by atoms with Crippen LogP contribution in [0.25, 0.3) is 0 Å². The fourth-order valence-corrected chi connectivity index (χ4v) is 4.03. The highest BCUT2D eigenvalue weighted by atomic mass is 32.2. The lowest BCUT2D eigenvalue weighted by atomic mass is 9.48. The molecule has 0 aliphatic heterocycles. The molecule has 8 nitrogen and oxygen atoms in total. The number of carbonyl (C=O) groups is 2. The number of aromatic hydroxyl groups is 1. The molecular formula is C17H21NO7S. The first-order valence-electron chi connectivity index (χ1n) is 7.82. The Morgan fingerprint density at radius 2 is 1.85 bits per heavy atom. The van der Waals surface area contributed by atoms with Gasteiger partial charge < -0.3 is 15.9 Å². The van der Waals surface area contributed by atoms with E-state index >= 15 is 0 Å². The summed E-state index contributed by atoms with van der Waals surface area (Å²) >= 11 is 0. The Balaban J connectivity index is 0.000000189. The van der Waals surface area contributed by atoms with Crippen molar-refractivity contribution in [1.29, 1.82) is 0 Å². The largest absolute Gasteiger partial charge is 0.507 e. The number of ketones is 1. The predicted molar refractivity (Wildman–Crippen MR) is 92.2 cm³/mol. The maximum atomic E-state index is 11.6. The Labute approximate surface area is 151 Å². The molecular weight excluding hydrogens is 362 g/mol. The molecule has 1 aromatic carbocycles. The van der Waals surface area contributed by atoms with E-state index in [9.17, 15) is 18.0 Å². The maximum absolute atomic E-state index is 11.6. The third kappa shape index (κ3) is 3.32. The molecule has 0 amide bonds. The van der Waals surface area contributed by atoms with Crippen molar-refractivity contribution in [3.63, 3.8) is 0 Å². The van der Waals surface area contributed by atoms with Crippen molar-refractivity contribution in [1.82, 2.24) is 0 Å². The molecule has 1 saturated carbocycles. The van der Waals surface area contributed by atoms with Gasteiger partial charge in [0.05, 0.1) is 10.6 Å². The van der Waals surface area contributed by atoms with E-state index in [-0.39, 0.29) is 17.1 Å². The van der Waals surface area contributed by atoms with Gasteiger partial charge in [-0.1, -0.05) is 13.8 Å². The van der Waals surface area contributed by atoms with Gasteiger partial charge in [-0.2, -0.15) is 8.42 Å². The van der Waals surface area contributed by atoms with Crippen molar-refractivity contribution < 1.29 is 32.8 Å². The second-order valence-corrected chi connectivity index (χ2v) is 8.50. The monoisotopic (exact) mass is 383 g/mol. The zero-order valence-electron chi connectivity index (χ0n) is 14.6. The number of benzene rings is 1. The van der Waals surface area contributed by atoms with Crippen molar-refractivity contribution in [2.24, 2.45) is 23.0 Å². The van der Waals surface area contributed by atoms with Crippen LogP contribution in [0.1, 0.15) is 37.6 Å². The van der Waals surface area contributed by atoms with E-state index in [0.29, 0.717) is 17.7 Å². The standard InChI is InChI=1S/C10H15NO.C7H6O6S/c1-5-6-4-7(10(6,2)3)9(12)8(5)11;8-6-2-1-4(14(11,12)13)3-5(6)7(9)10/h6-7H,4,11H2,1-3H3;1-3,8H,(H,9,10)(H,11,12,13)/t6-,7+;/m0./s1. The normalized spacial score (nSPS) is 23.6. The number of hydrogen-bond donors (Lipinski definition) is 4. The van der Waals surface area contributed by atoms with E-state index in [1.807, 2.05) is 6.92 Å². The molecule has 0 spiro atoms. The summed E-state index contributed by atoms with van der Waals surface area (Å²) in [6.45, 7) is 6.33. The Bertz CT molecular complexity index is 915. The van der Waals surface area contributed by atoms with Gasteiger partial charge in [0.25, 0.3) is 10.1 Å². The van der Waals surface area contributed by atoms with Crippen LogP contribution in [-0.2, 0) is 14.9 Å². The summed E-state index contributed by atoms with van der Waals surface area (Å²) in [5, 5.41) is 17.5. The minimum absolute atomic E-state index is 0.171. The first kappa shape index (κ1) is 19.9. The average molecular weight is 383 g/mol. The molecule has 142 valence electrons. The molecule has 4 rings (SSSR count). The van der Waals surface area contributed by atoms with Gasteiger partial charge >= 0.3 is 5.97 Å². The molecule has 9 heteroatoms. The van der Waals surface area contributed by atoms with E-state index in [1.165, 1.54) is 0 Å². The van der Waals surface area contributed by atoms with Crippen molar-refractivity contribution in [2.45, 2.75) is 32.1 Å². The van der Waals surface area contributed by atoms with Gasteiger partial charge in [0.2, 0.25) is 0 Å². The second-order valence-electron chi connectivity index (χ2n) is 7.08. The van der Waals surface area contributed by atoms with Crippen LogP contribution in [0.2, 0.25) is 0 Å². The average Bonchev–Trinajstić information content (AvgIpc) is 2.51. The van der Waals surface area contributed by atoms with E-state index in [1.54, 1.807) is 0 Å². The fourth-order valence-electron chi connectivity index (χ4n) is 3.52. The van der Waals surface area contributed by atoms with Crippen LogP contribution < -0.4 is 5.73 Å². The van der Waals surface area contributed by atoms with Crippen LogP contribution in [-0.4, -0.2) is 34.9 Å². The quantitative estimate of drug-likeness (QED) is 0.563. The summed E-state index contributed by atoms with van der Waals surface area (Å²) in [6.07, 6.45) is 1.03. The molecule has 2 bridgehead atoms. The topological polar surface area (TPSA) is 155 Å². The van der Waals surface area contributed by atoms with Crippen LogP contribution >= 0.6 is 0 Å². The first-order valence-corrected chi connectivity index (χ1v) is 9.26. The van der Waals surface area contributed by atoms with Gasteiger partial charge in [-0.15, -0.1) is 0 Å². The molecule has 1 aromatic rings. The molecule has 3 aliphatic carbocycles. The number of nitrogens with two attached hydrogens (primary N) is 1. The van der Waals surface area contributed by atoms with Gasteiger partial charge in [0.15, 0.2) is 5.78 Å². The van der Waals surface area contributed by atoms with Crippen molar-refractivity contribution in [3.8, 4) is 5.75 Å². The Morgan fingerprint density at radius 1 is 1.27 bits per heavy atom. The van der Waals surface area contributed by atoms with Gasteiger partial charge in [-0.25, -0.2) is 4.79 Å². The van der Waals surface area contributed by atoms with E-state index in [4.69, 9.17) is 20.5 Å². The van der Waals surface area contributed by atoms with Gasteiger partial charge in [-0.3, -0.25) is 9.35 Å².